The van der Waals surface area contributed by atoms with Crippen LogP contribution in [0.5, 0.6) is 0 Å². The topological polar surface area (TPSA) is 62.8 Å². The van der Waals surface area contributed by atoms with Crippen molar-refractivity contribution < 1.29 is 4.74 Å². The molecular weight excluding hydrogens is 168 g/mol. The van der Waals surface area contributed by atoms with Crippen molar-refractivity contribution in [3.05, 3.63) is 23.7 Å². The van der Waals surface area contributed by atoms with Crippen LogP contribution in [0.2, 0.25) is 0 Å². The van der Waals surface area contributed by atoms with E-state index in [1.54, 1.807) is 6.20 Å². The van der Waals surface area contributed by atoms with Crippen LogP contribution in [0.15, 0.2) is 18.0 Å². The first-order chi connectivity index (χ1) is 6.42. The lowest BCUT2D eigenvalue weighted by molar-refractivity contribution is 0.217. The zero-order chi connectivity index (χ0) is 9.10. The van der Waals surface area contributed by atoms with Crippen molar-refractivity contribution in [3.8, 4) is 0 Å². The van der Waals surface area contributed by atoms with E-state index in [2.05, 4.69) is 26.8 Å². The van der Waals surface area contributed by atoms with Gasteiger partial charge >= 0.3 is 0 Å². The van der Waals surface area contributed by atoms with E-state index in [4.69, 9.17) is 4.74 Å². The smallest absolute Gasteiger partial charge is 0.115 e. The van der Waals surface area contributed by atoms with E-state index >= 15 is 0 Å². The third-order valence-electron chi connectivity index (χ3n) is 2.03. The first-order valence-corrected chi connectivity index (χ1v) is 4.27. The van der Waals surface area contributed by atoms with Crippen LogP contribution in [0.25, 0.3) is 0 Å². The summed E-state index contributed by atoms with van der Waals surface area (Å²) >= 11 is 0. The molecule has 1 aromatic rings. The number of rotatable bonds is 3. The number of nitrogens with zero attached hydrogens (tertiary/aromatic N) is 2. The monoisotopic (exact) mass is 180 g/mol. The number of hydrogen-bond donors (Lipinski definition) is 2. The van der Waals surface area contributed by atoms with Crippen LogP contribution in [-0.2, 0) is 4.74 Å². The van der Waals surface area contributed by atoms with Gasteiger partial charge in [-0.2, -0.15) is 15.4 Å². The van der Waals surface area contributed by atoms with Crippen LogP contribution in [0, 0.1) is 0 Å². The Bertz CT molecular complexity index is 293. The summed E-state index contributed by atoms with van der Waals surface area (Å²) in [4.78, 5) is 0. The molecule has 0 radical (unpaired) electrons. The minimum Gasteiger partial charge on any atom is -0.496 e. The first-order valence-electron chi connectivity index (χ1n) is 4.27. The maximum Gasteiger partial charge on any atom is 0.115 e. The molecule has 0 aliphatic carbocycles. The first kappa shape index (κ1) is 8.25. The van der Waals surface area contributed by atoms with Crippen LogP contribution in [0.3, 0.4) is 0 Å². The van der Waals surface area contributed by atoms with Crippen molar-refractivity contribution in [2.45, 2.75) is 12.5 Å². The number of aromatic nitrogens is 3. The quantitative estimate of drug-likeness (QED) is 0.705. The van der Waals surface area contributed by atoms with E-state index in [1.807, 2.05) is 7.05 Å². The van der Waals surface area contributed by atoms with Crippen molar-refractivity contribution in [1.82, 2.24) is 20.7 Å². The van der Waals surface area contributed by atoms with Gasteiger partial charge in [0.2, 0.25) is 0 Å². The van der Waals surface area contributed by atoms with Gasteiger partial charge in [0.1, 0.15) is 17.5 Å². The normalized spacial score (nSPS) is 18.1. The maximum absolute atomic E-state index is 5.45. The summed E-state index contributed by atoms with van der Waals surface area (Å²) in [5.74, 6) is 0.941. The molecule has 1 atom stereocenters. The molecular formula is C8H12N4O. The summed E-state index contributed by atoms with van der Waals surface area (Å²) < 4.78 is 5.45. The molecule has 13 heavy (non-hydrogen) atoms. The fraction of sp³-hybridized carbons (Fsp3) is 0.500. The van der Waals surface area contributed by atoms with Crippen LogP contribution in [-0.4, -0.2) is 29.1 Å². The highest BCUT2D eigenvalue weighted by molar-refractivity contribution is 5.16. The average molecular weight is 180 g/mol. The minimum atomic E-state index is 0.0289. The Labute approximate surface area is 76.2 Å². The van der Waals surface area contributed by atoms with E-state index in [1.165, 1.54) is 0 Å². The maximum atomic E-state index is 5.45. The Morgan fingerprint density at radius 2 is 2.62 bits per heavy atom. The zero-order valence-electron chi connectivity index (χ0n) is 7.45. The highest BCUT2D eigenvalue weighted by Crippen LogP contribution is 2.23. The largest absolute Gasteiger partial charge is 0.496 e. The molecule has 2 rings (SSSR count). The summed E-state index contributed by atoms with van der Waals surface area (Å²) in [5.41, 5.74) is 0.857. The SMILES string of the molecule is CNC(C1=CCCO1)c1cn[nH]n1. The fourth-order valence-electron chi connectivity index (χ4n) is 1.42. The van der Waals surface area contributed by atoms with Crippen molar-refractivity contribution >= 4 is 0 Å². The van der Waals surface area contributed by atoms with Gasteiger partial charge in [0, 0.05) is 6.42 Å². The molecule has 1 unspecified atom stereocenters. The molecule has 0 fully saturated rings. The van der Waals surface area contributed by atoms with Crippen molar-refractivity contribution in [2.24, 2.45) is 0 Å². The molecule has 5 nitrogen and oxygen atoms in total. The van der Waals surface area contributed by atoms with Gasteiger partial charge in [-0.05, 0) is 13.1 Å². The van der Waals surface area contributed by atoms with Gasteiger partial charge in [0.15, 0.2) is 0 Å². The fourth-order valence-corrected chi connectivity index (χ4v) is 1.42. The second-order valence-corrected chi connectivity index (χ2v) is 2.86. The third-order valence-corrected chi connectivity index (χ3v) is 2.03. The van der Waals surface area contributed by atoms with Gasteiger partial charge in [-0.25, -0.2) is 0 Å². The number of H-pyrrole nitrogens is 1. The van der Waals surface area contributed by atoms with Crippen molar-refractivity contribution in [1.29, 1.82) is 0 Å². The predicted molar refractivity (Wildman–Crippen MR) is 46.8 cm³/mol. The summed E-state index contributed by atoms with van der Waals surface area (Å²) in [6.07, 6.45) is 4.75. The lowest BCUT2D eigenvalue weighted by Gasteiger charge is -2.13. The molecule has 2 heterocycles. The molecule has 1 aliphatic rings. The molecule has 0 saturated carbocycles. The van der Waals surface area contributed by atoms with Crippen molar-refractivity contribution in [3.63, 3.8) is 0 Å². The van der Waals surface area contributed by atoms with E-state index in [0.717, 1.165) is 24.5 Å². The number of nitrogens with one attached hydrogen (secondary N) is 2. The lowest BCUT2D eigenvalue weighted by Crippen LogP contribution is -2.19. The minimum absolute atomic E-state index is 0.0289. The molecule has 2 N–H and O–H groups in total. The molecule has 0 aromatic carbocycles. The van der Waals surface area contributed by atoms with Gasteiger partial charge in [0.05, 0.1) is 12.8 Å². The molecule has 5 heteroatoms. The van der Waals surface area contributed by atoms with E-state index in [0.29, 0.717) is 0 Å². The highest BCUT2D eigenvalue weighted by Gasteiger charge is 2.20. The molecule has 0 bridgehead atoms. The van der Waals surface area contributed by atoms with Gasteiger partial charge in [0.25, 0.3) is 0 Å². The summed E-state index contributed by atoms with van der Waals surface area (Å²) in [5, 5.41) is 13.5. The number of likely N-dealkylation sites (N-methyl/N-ethyl adjacent to an activating group) is 1. The number of aromatic amines is 1. The van der Waals surface area contributed by atoms with Gasteiger partial charge in [-0.3, -0.25) is 0 Å². The molecule has 1 aliphatic heterocycles. The predicted octanol–water partition coefficient (Wildman–Crippen LogP) is 0.369. The van der Waals surface area contributed by atoms with Gasteiger partial charge in [-0.1, -0.05) is 0 Å². The molecule has 1 aromatic heterocycles. The molecule has 0 amide bonds. The average Bonchev–Trinajstić information content (AvgIpc) is 2.76. The van der Waals surface area contributed by atoms with Gasteiger partial charge in [-0.15, -0.1) is 0 Å². The molecule has 0 saturated heterocycles. The number of ether oxygens (including phenoxy) is 1. The number of hydrogen-bond acceptors (Lipinski definition) is 4. The summed E-state index contributed by atoms with van der Waals surface area (Å²) in [6.45, 7) is 0.769. The molecule has 70 valence electrons. The second kappa shape index (κ2) is 3.57. The van der Waals surface area contributed by atoms with Crippen LogP contribution in [0.4, 0.5) is 0 Å². The third kappa shape index (κ3) is 1.55. The molecule has 0 spiro atoms. The Hall–Kier alpha value is -1.36. The summed E-state index contributed by atoms with van der Waals surface area (Å²) in [6, 6.07) is 0.0289. The Morgan fingerprint density at radius 1 is 1.69 bits per heavy atom. The lowest BCUT2D eigenvalue weighted by atomic mass is 10.2. The zero-order valence-corrected chi connectivity index (χ0v) is 7.45. The Balaban J connectivity index is 2.18. The Morgan fingerprint density at radius 3 is 3.15 bits per heavy atom. The van der Waals surface area contributed by atoms with Crippen molar-refractivity contribution in [2.75, 3.05) is 13.7 Å². The highest BCUT2D eigenvalue weighted by atomic mass is 16.5. The van der Waals surface area contributed by atoms with Crippen LogP contribution in [0.1, 0.15) is 18.2 Å². The van der Waals surface area contributed by atoms with Gasteiger partial charge < -0.3 is 10.1 Å². The van der Waals surface area contributed by atoms with E-state index < -0.39 is 0 Å². The summed E-state index contributed by atoms with van der Waals surface area (Å²) in [7, 11) is 1.88. The van der Waals surface area contributed by atoms with E-state index in [-0.39, 0.29) is 6.04 Å². The standard InChI is InChI=1S/C8H12N4O/c1-9-8(6-5-10-12-11-6)7-3-2-4-13-7/h3,5,8-9H,2,4H2,1H3,(H,10,11,12). The van der Waals surface area contributed by atoms with Crippen LogP contribution < -0.4 is 5.32 Å². The van der Waals surface area contributed by atoms with Crippen LogP contribution >= 0.6 is 0 Å². The Kier molecular flexibility index (Phi) is 2.27. The van der Waals surface area contributed by atoms with E-state index in [9.17, 15) is 0 Å². The second-order valence-electron chi connectivity index (χ2n) is 2.86.